The van der Waals surface area contributed by atoms with Gasteiger partial charge in [0.2, 0.25) is 0 Å². The van der Waals surface area contributed by atoms with E-state index in [4.69, 9.17) is 75.1 Å². The third-order valence-corrected chi connectivity index (χ3v) is 12.2. The molecule has 1 amide bonds. The van der Waals surface area contributed by atoms with Gasteiger partial charge in [0, 0.05) is 38.5 Å². The fourth-order valence-electron chi connectivity index (χ4n) is 7.62. The second kappa shape index (κ2) is 38.3. The number of rotatable bonds is 7. The van der Waals surface area contributed by atoms with Crippen molar-refractivity contribution >= 4 is 55.9 Å². The van der Waals surface area contributed by atoms with Crippen LogP contribution < -0.4 is 26.6 Å². The van der Waals surface area contributed by atoms with Crippen molar-refractivity contribution in [1.82, 2.24) is 36.4 Å². The van der Waals surface area contributed by atoms with Crippen molar-refractivity contribution in [3.63, 3.8) is 0 Å². The highest BCUT2D eigenvalue weighted by atomic mass is 16.6. The normalized spacial score (nSPS) is 20.5. The van der Waals surface area contributed by atoms with Crippen LogP contribution in [0.4, 0.5) is 4.79 Å². The summed E-state index contributed by atoms with van der Waals surface area (Å²) < 4.78 is 5.21. The molecule has 71 heavy (non-hydrogen) atoms. The van der Waals surface area contributed by atoms with Crippen molar-refractivity contribution in [2.24, 2.45) is 0 Å². The molecule has 3 saturated heterocycles. The summed E-state index contributed by atoms with van der Waals surface area (Å²) in [5.74, 6) is 0.265. The molecule has 23 nitrogen and oxygen atoms in total. The average Bonchev–Trinajstić information content (AvgIpc) is 3.36. The molecule has 0 aromatic heterocycles. The smallest absolute Gasteiger partial charge is 0.444 e. The minimum atomic E-state index is -1.42. The highest BCUT2D eigenvalue weighted by Crippen LogP contribution is 2.23. The fourth-order valence-corrected chi connectivity index (χ4v) is 7.62. The number of carbonyl (C=O) groups excluding carboxylic acids is 1. The number of ether oxygens (including phenoxy) is 1. The molecular weight excluding hydrogens is 922 g/mol. The van der Waals surface area contributed by atoms with Crippen LogP contribution in [0.15, 0.2) is 46.3 Å². The Balaban J connectivity index is 0.000000419. The fraction of sp³-hybridized carbons (Fsp3) is 0.780. The molecule has 0 radical (unpaired) electrons. The average molecular weight is 1010 g/mol. The maximum Gasteiger partial charge on any atom is 0.485 e. The molecule has 7 aliphatic rings. The van der Waals surface area contributed by atoms with Crippen molar-refractivity contribution in [2.45, 2.75) is 114 Å². The predicted molar refractivity (Wildman–Crippen MR) is 280 cm³/mol. The maximum atomic E-state index is 11.6. The van der Waals surface area contributed by atoms with Gasteiger partial charge in [-0.05, 0) is 191 Å². The van der Waals surface area contributed by atoms with Crippen LogP contribution in [-0.2, 0) is 4.74 Å². The summed E-state index contributed by atoms with van der Waals surface area (Å²) in [6, 6.07) is 0. The first-order chi connectivity index (χ1) is 33.5. The molecule has 0 bridgehead atoms. The monoisotopic (exact) mass is 1010 g/mol. The molecule has 7 rings (SSSR count). The Morgan fingerprint density at radius 1 is 0.563 bits per heavy atom. The largest absolute Gasteiger partial charge is 0.485 e. The standard InChI is InChI=1S/C10H18BNO4.C6H14BNO2.C5H12BNO2.C5H10BNO2.C5H12BNO2.2C5H10BNO2/c1-10(2,3)16-9(13)12-6-4-8(5-7-12)11(14)15;1-8-4-2-6(3-5-8)7(9)10;2*8-6(9)5-1-3-7-4-2-5;3*8-6(9)5-2-1-3-7-4-5/h4,14-15H,5-7H2,1-3H3;6,9-10H,2-5H2,1H3;5,7-9H,1-4H2;1,7-9H,2-4H2;5,7-9H,1-4H2;4,7-9H,1-3H2;2,7-9H,1,3-4H2. The molecule has 0 saturated carbocycles. The Morgan fingerprint density at radius 2 is 1.14 bits per heavy atom. The van der Waals surface area contributed by atoms with E-state index in [9.17, 15) is 4.79 Å². The first-order valence-corrected chi connectivity index (χ1v) is 25.0. The summed E-state index contributed by atoms with van der Waals surface area (Å²) in [6.45, 7) is 15.9. The lowest BCUT2D eigenvalue weighted by molar-refractivity contribution is 0.0266. The molecule has 7 aliphatic heterocycles. The van der Waals surface area contributed by atoms with Crippen LogP contribution in [0.25, 0.3) is 0 Å². The van der Waals surface area contributed by atoms with Gasteiger partial charge >= 0.3 is 55.9 Å². The van der Waals surface area contributed by atoms with E-state index in [1.165, 1.54) is 4.90 Å². The van der Waals surface area contributed by atoms with E-state index in [2.05, 4.69) is 38.5 Å². The highest BCUT2D eigenvalue weighted by molar-refractivity contribution is 6.51. The van der Waals surface area contributed by atoms with Crippen LogP contribution >= 0.6 is 0 Å². The minimum absolute atomic E-state index is 0.0544. The molecular formula is C41H86B7N7O16. The lowest BCUT2D eigenvalue weighted by Crippen LogP contribution is -2.40. The van der Waals surface area contributed by atoms with Gasteiger partial charge in [0.1, 0.15) is 5.60 Å². The van der Waals surface area contributed by atoms with Gasteiger partial charge in [-0.25, -0.2) is 4.79 Å². The van der Waals surface area contributed by atoms with Gasteiger partial charge in [-0.15, -0.1) is 0 Å². The molecule has 0 aromatic rings. The lowest BCUT2D eigenvalue weighted by Gasteiger charge is -2.29. The lowest BCUT2D eigenvalue weighted by atomic mass is 9.68. The Morgan fingerprint density at radius 3 is 1.49 bits per heavy atom. The first-order valence-electron chi connectivity index (χ1n) is 25.0. The summed E-state index contributed by atoms with van der Waals surface area (Å²) in [5.41, 5.74) is 2.15. The van der Waals surface area contributed by atoms with E-state index in [-0.39, 0.29) is 23.5 Å². The van der Waals surface area contributed by atoms with Crippen molar-refractivity contribution in [1.29, 1.82) is 0 Å². The highest BCUT2D eigenvalue weighted by Gasteiger charge is 2.29. The molecule has 1 unspecified atom stereocenters. The predicted octanol–water partition coefficient (Wildman–Crippen LogP) is -4.35. The zero-order valence-corrected chi connectivity index (χ0v) is 42.5. The third kappa shape index (κ3) is 32.6. The Bertz CT molecular complexity index is 1440. The first kappa shape index (κ1) is 66.7. The van der Waals surface area contributed by atoms with E-state index in [1.807, 2.05) is 32.9 Å². The Labute approximate surface area is 423 Å². The number of nitrogens with one attached hydrogen (secondary N) is 5. The number of hydrogen-bond donors (Lipinski definition) is 19. The molecule has 30 heteroatoms. The molecule has 1 atom stereocenters. The molecule has 3 fully saturated rings. The summed E-state index contributed by atoms with van der Waals surface area (Å²) in [7, 11) is -6.47. The van der Waals surface area contributed by atoms with E-state index in [0.717, 1.165) is 135 Å². The number of piperidine rings is 3. The van der Waals surface area contributed by atoms with Crippen molar-refractivity contribution in [3.05, 3.63) is 46.3 Å². The number of hydrogen-bond acceptors (Lipinski definition) is 22. The van der Waals surface area contributed by atoms with Crippen LogP contribution in [-0.4, -0.2) is 234 Å². The summed E-state index contributed by atoms with van der Waals surface area (Å²) >= 11 is 0. The van der Waals surface area contributed by atoms with Gasteiger partial charge in [0.25, 0.3) is 0 Å². The van der Waals surface area contributed by atoms with Gasteiger partial charge in [-0.2, -0.15) is 0 Å². The molecule has 19 N–H and O–H groups in total. The molecule has 7 heterocycles. The quantitative estimate of drug-likeness (QED) is 0.107. The van der Waals surface area contributed by atoms with Gasteiger partial charge in [-0.1, -0.05) is 18.2 Å². The van der Waals surface area contributed by atoms with E-state index < -0.39 is 55.4 Å². The number of likely N-dealkylation sites (tertiary alicyclic amines) is 1. The van der Waals surface area contributed by atoms with Gasteiger partial charge < -0.3 is 111 Å². The van der Waals surface area contributed by atoms with Crippen LogP contribution in [0.5, 0.6) is 0 Å². The van der Waals surface area contributed by atoms with E-state index >= 15 is 0 Å². The van der Waals surface area contributed by atoms with Gasteiger partial charge in [-0.3, -0.25) is 0 Å². The SMILES string of the molecule is CC(C)(C)OC(=O)N1CC=C(B(O)O)CC1.CN1CCC(B(O)O)CC1.OB(O)C1=CCCNC1.OB(O)C1=CCNCC1.OB(O)C1=CNCCC1.OB(O)C1CCCNC1.OB(O)C1CCNCC1. The number of nitrogens with zero attached hydrogens (tertiary/aromatic N) is 2. The molecule has 0 aromatic carbocycles. The van der Waals surface area contributed by atoms with Crippen molar-refractivity contribution < 1.29 is 79.9 Å². The molecule has 0 aliphatic carbocycles. The Hall–Kier alpha value is -2.28. The zero-order chi connectivity index (χ0) is 53.4. The molecule has 0 spiro atoms. The third-order valence-electron chi connectivity index (χ3n) is 12.2. The summed E-state index contributed by atoms with van der Waals surface area (Å²) in [5, 5.41) is 137. The van der Waals surface area contributed by atoms with Crippen LogP contribution in [0.1, 0.15) is 91.4 Å². The van der Waals surface area contributed by atoms with E-state index in [1.54, 1.807) is 12.3 Å². The number of allylic oxidation sites excluding steroid dienone is 1. The van der Waals surface area contributed by atoms with E-state index in [0.29, 0.717) is 42.5 Å². The summed E-state index contributed by atoms with van der Waals surface area (Å²) in [4.78, 5) is 15.4. The second-order valence-electron chi connectivity index (χ2n) is 19.3. The topological polar surface area (TPSA) is 376 Å². The van der Waals surface area contributed by atoms with Crippen LogP contribution in [0.3, 0.4) is 0 Å². The van der Waals surface area contributed by atoms with Gasteiger partial charge in [0.15, 0.2) is 0 Å². The number of carbonyl (C=O) groups is 1. The zero-order valence-electron chi connectivity index (χ0n) is 42.5. The molecule has 402 valence electrons. The van der Waals surface area contributed by atoms with Crippen LogP contribution in [0, 0.1) is 0 Å². The minimum Gasteiger partial charge on any atom is -0.444 e. The van der Waals surface area contributed by atoms with Gasteiger partial charge in [0.05, 0.1) is 0 Å². The summed E-state index contributed by atoms with van der Waals surface area (Å²) in [6.07, 6.45) is 16.1. The number of amides is 1. The Kier molecular flexibility index (Phi) is 36.0. The van der Waals surface area contributed by atoms with Crippen LogP contribution in [0.2, 0.25) is 17.5 Å². The van der Waals surface area contributed by atoms with Crippen molar-refractivity contribution in [2.75, 3.05) is 92.1 Å². The van der Waals surface area contributed by atoms with Crippen molar-refractivity contribution in [3.8, 4) is 0 Å². The maximum absolute atomic E-state index is 11.6. The second-order valence-corrected chi connectivity index (χ2v) is 19.3.